The Morgan fingerprint density at radius 2 is 1.35 bits per heavy atom. The van der Waals surface area contributed by atoms with Crippen molar-refractivity contribution in [1.29, 1.82) is 0 Å². The Balaban J connectivity index is 2.27. The molecule has 1 atom stereocenters. The van der Waals surface area contributed by atoms with Crippen LogP contribution < -0.4 is 9.05 Å². The molecule has 0 fully saturated rings. The van der Waals surface area contributed by atoms with Gasteiger partial charge in [-0.3, -0.25) is 4.57 Å². The van der Waals surface area contributed by atoms with Crippen molar-refractivity contribution in [2.45, 2.75) is 13.8 Å². The van der Waals surface area contributed by atoms with Gasteiger partial charge >= 0.3 is 15.4 Å². The topological polar surface area (TPSA) is 82.1 Å². The summed E-state index contributed by atoms with van der Waals surface area (Å²) in [5.74, 6) is 1.29. The summed E-state index contributed by atoms with van der Waals surface area (Å²) in [6.07, 6.45) is 2.97. The maximum absolute atomic E-state index is 13.0. The van der Waals surface area contributed by atoms with E-state index >= 15 is 0 Å². The lowest BCUT2D eigenvalue weighted by atomic mass is 10.3. The zero-order chi connectivity index (χ0) is 19.0. The molecule has 0 radical (unpaired) electrons. The van der Waals surface area contributed by atoms with E-state index in [2.05, 4.69) is 0 Å². The van der Waals surface area contributed by atoms with Gasteiger partial charge in [0.1, 0.15) is 11.5 Å². The van der Waals surface area contributed by atoms with Crippen LogP contribution in [0.4, 0.5) is 0 Å². The van der Waals surface area contributed by atoms with E-state index in [0.29, 0.717) is 0 Å². The highest BCUT2D eigenvalue weighted by Gasteiger charge is 2.38. The van der Waals surface area contributed by atoms with Crippen LogP contribution in [-0.4, -0.2) is 4.89 Å². The van der Waals surface area contributed by atoms with Crippen molar-refractivity contribution in [3.63, 3.8) is 0 Å². The first-order chi connectivity index (χ1) is 12.3. The highest BCUT2D eigenvalue weighted by atomic mass is 31.3. The molecule has 1 unspecified atom stereocenters. The van der Waals surface area contributed by atoms with Gasteiger partial charge in [0.2, 0.25) is 0 Å². The van der Waals surface area contributed by atoms with Gasteiger partial charge in [-0.25, -0.2) is 4.57 Å². The quantitative estimate of drug-likeness (QED) is 0.441. The summed E-state index contributed by atoms with van der Waals surface area (Å²) in [5.41, 5.74) is 0.922. The van der Waals surface area contributed by atoms with Gasteiger partial charge in [0.15, 0.2) is 0 Å². The van der Waals surface area contributed by atoms with Crippen molar-refractivity contribution < 1.29 is 27.4 Å². The highest BCUT2D eigenvalue weighted by molar-refractivity contribution is 7.66. The number of rotatable bonds is 8. The van der Waals surface area contributed by atoms with Gasteiger partial charge in [-0.2, -0.15) is 4.31 Å². The van der Waals surface area contributed by atoms with Gasteiger partial charge < -0.3 is 13.9 Å². The minimum Gasteiger partial charge on any atom is -0.395 e. The number of hydrogen-bond donors (Lipinski definition) is 1. The fourth-order valence-electron chi connectivity index (χ4n) is 1.79. The summed E-state index contributed by atoms with van der Waals surface area (Å²) in [6.45, 7) is 3.66. The van der Waals surface area contributed by atoms with Gasteiger partial charge in [0.05, 0.1) is 0 Å². The monoisotopic (exact) mass is 394 g/mol. The Bertz CT molecular complexity index is 812. The molecule has 6 nitrogen and oxygen atoms in total. The molecule has 0 heterocycles. The number of phosphoric acid groups is 1. The Morgan fingerprint density at radius 1 is 0.885 bits per heavy atom. The molecular formula is C18H20O6P2. The molecule has 0 saturated carbocycles. The Kier molecular flexibility index (Phi) is 7.01. The minimum atomic E-state index is -4.43. The molecule has 1 N–H and O–H groups in total. The Labute approximate surface area is 152 Å². The third kappa shape index (κ3) is 7.03. The largest absolute Gasteiger partial charge is 0.595 e. The molecule has 2 aromatic carbocycles. The van der Waals surface area contributed by atoms with Crippen LogP contribution in [-0.2, 0) is 13.4 Å². The summed E-state index contributed by atoms with van der Waals surface area (Å²) < 4.78 is 40.8. The van der Waals surface area contributed by atoms with E-state index in [1.807, 2.05) is 13.8 Å². The number of phosphoric ester groups is 1. The summed E-state index contributed by atoms with van der Waals surface area (Å²) in [6, 6.07) is 16.3. The zero-order valence-corrected chi connectivity index (χ0v) is 16.2. The smallest absolute Gasteiger partial charge is 0.395 e. The summed E-state index contributed by atoms with van der Waals surface area (Å²) in [5, 5.41) is 0. The first kappa shape index (κ1) is 20.2. The average Bonchev–Trinajstić information content (AvgIpc) is 2.55. The van der Waals surface area contributed by atoms with Crippen molar-refractivity contribution >= 4 is 15.4 Å². The van der Waals surface area contributed by atoms with Gasteiger partial charge in [-0.1, -0.05) is 54.1 Å². The number of para-hydroxylation sites is 2. The van der Waals surface area contributed by atoms with E-state index < -0.39 is 15.4 Å². The van der Waals surface area contributed by atoms with Crippen molar-refractivity contribution in [3.05, 3.63) is 84.2 Å². The average molecular weight is 394 g/mol. The predicted molar refractivity (Wildman–Crippen MR) is 101 cm³/mol. The van der Waals surface area contributed by atoms with E-state index in [0.717, 1.165) is 11.4 Å². The second kappa shape index (κ2) is 9.02. The van der Waals surface area contributed by atoms with E-state index in [4.69, 9.17) is 13.4 Å². The zero-order valence-electron chi connectivity index (χ0n) is 14.4. The van der Waals surface area contributed by atoms with E-state index in [-0.39, 0.29) is 11.5 Å². The number of hydrogen-bond acceptors (Lipinski definition) is 5. The molecule has 26 heavy (non-hydrogen) atoms. The standard InChI is InChI=1S/C18H20O6P2/c1-16(2)10-9-15-25(19,20)24-26(21,22-17-11-5-3-6-12-17)23-18-13-7-4-8-14-18/h3-15H,1-2H3,(H,19,20)/b15-9+. The SMILES string of the molecule is CC(C)=C/C=C/P(=O)(O)OP(=O)(Oc1ccccc1)Oc1ccccc1. The van der Waals surface area contributed by atoms with Gasteiger partial charge in [0, 0.05) is 5.82 Å². The molecule has 0 amide bonds. The molecule has 0 aliphatic rings. The van der Waals surface area contributed by atoms with Gasteiger partial charge in [0.25, 0.3) is 0 Å². The summed E-state index contributed by atoms with van der Waals surface area (Å²) in [7, 11) is -8.82. The fraction of sp³-hybridized carbons (Fsp3) is 0.111. The molecule has 0 aromatic heterocycles. The number of allylic oxidation sites excluding steroid dienone is 3. The molecule has 2 aromatic rings. The first-order valence-electron chi connectivity index (χ1n) is 7.74. The normalized spacial score (nSPS) is 13.8. The van der Waals surface area contributed by atoms with Crippen LogP contribution in [0.1, 0.15) is 13.8 Å². The maximum atomic E-state index is 13.0. The van der Waals surface area contributed by atoms with Crippen LogP contribution in [0.2, 0.25) is 0 Å². The predicted octanol–water partition coefficient (Wildman–Crippen LogP) is 5.93. The maximum Gasteiger partial charge on any atom is 0.595 e. The summed E-state index contributed by atoms with van der Waals surface area (Å²) >= 11 is 0. The Morgan fingerprint density at radius 3 is 1.77 bits per heavy atom. The molecule has 0 aliphatic carbocycles. The first-order valence-corrected chi connectivity index (χ1v) is 10.8. The second-order valence-electron chi connectivity index (χ2n) is 5.49. The molecule has 138 valence electrons. The van der Waals surface area contributed by atoms with Crippen LogP contribution >= 0.6 is 15.4 Å². The lowest BCUT2D eigenvalue weighted by Gasteiger charge is -2.20. The van der Waals surface area contributed by atoms with Crippen LogP contribution in [0.25, 0.3) is 0 Å². The van der Waals surface area contributed by atoms with Crippen LogP contribution in [0.3, 0.4) is 0 Å². The van der Waals surface area contributed by atoms with Gasteiger partial charge in [-0.15, -0.1) is 0 Å². The third-order valence-corrected chi connectivity index (χ3v) is 6.00. The van der Waals surface area contributed by atoms with Crippen LogP contribution in [0, 0.1) is 0 Å². The molecule has 0 bridgehead atoms. The van der Waals surface area contributed by atoms with Crippen molar-refractivity contribution in [2.75, 3.05) is 0 Å². The lowest BCUT2D eigenvalue weighted by molar-refractivity contribution is 0.280. The van der Waals surface area contributed by atoms with E-state index in [1.54, 1.807) is 42.5 Å². The molecule has 0 aliphatic heterocycles. The molecule has 8 heteroatoms. The fourth-order valence-corrected chi connectivity index (χ4v) is 4.52. The molecular weight excluding hydrogens is 374 g/mol. The second-order valence-corrected chi connectivity index (χ2v) is 8.83. The number of benzene rings is 2. The lowest BCUT2D eigenvalue weighted by Crippen LogP contribution is -2.03. The van der Waals surface area contributed by atoms with Crippen LogP contribution in [0.5, 0.6) is 11.5 Å². The van der Waals surface area contributed by atoms with Crippen molar-refractivity contribution in [3.8, 4) is 11.5 Å². The Hall–Kier alpha value is -2.10. The molecule has 2 rings (SSSR count). The third-order valence-electron chi connectivity index (χ3n) is 2.84. The highest BCUT2D eigenvalue weighted by Crippen LogP contribution is 2.62. The molecule has 0 spiro atoms. The molecule has 0 saturated heterocycles. The van der Waals surface area contributed by atoms with Gasteiger partial charge in [-0.05, 0) is 38.1 Å². The minimum absolute atomic E-state index is 0.181. The van der Waals surface area contributed by atoms with E-state index in [9.17, 15) is 14.0 Å². The van der Waals surface area contributed by atoms with Crippen molar-refractivity contribution in [1.82, 2.24) is 0 Å². The summed E-state index contributed by atoms with van der Waals surface area (Å²) in [4.78, 5) is 10.0. The van der Waals surface area contributed by atoms with Crippen LogP contribution in [0.15, 0.2) is 84.2 Å². The van der Waals surface area contributed by atoms with Crippen molar-refractivity contribution in [2.24, 2.45) is 0 Å². The van der Waals surface area contributed by atoms with E-state index in [1.165, 1.54) is 30.3 Å².